The van der Waals surface area contributed by atoms with E-state index in [1.165, 1.54) is 12.1 Å². The maximum Gasteiger partial charge on any atom is 0.144 e. The maximum absolute atomic E-state index is 12.7. The summed E-state index contributed by atoms with van der Waals surface area (Å²) in [5.41, 5.74) is 6.29. The summed E-state index contributed by atoms with van der Waals surface area (Å²) in [6.45, 7) is 1.38. The van der Waals surface area contributed by atoms with Crippen LogP contribution in [0.4, 0.5) is 4.39 Å². The van der Waals surface area contributed by atoms with Crippen LogP contribution in [0.25, 0.3) is 0 Å². The first-order valence-electron chi connectivity index (χ1n) is 3.64. The van der Waals surface area contributed by atoms with Crippen molar-refractivity contribution in [1.82, 2.24) is 4.98 Å². The van der Waals surface area contributed by atoms with Crippen molar-refractivity contribution >= 4 is 0 Å². The van der Waals surface area contributed by atoms with E-state index in [1.807, 2.05) is 0 Å². The Morgan fingerprint density at radius 1 is 1.67 bits per heavy atom. The van der Waals surface area contributed by atoms with Crippen LogP contribution < -0.4 is 5.73 Å². The van der Waals surface area contributed by atoms with Crippen molar-refractivity contribution in [2.24, 2.45) is 5.73 Å². The third-order valence-electron chi connectivity index (χ3n) is 1.62. The van der Waals surface area contributed by atoms with E-state index in [4.69, 9.17) is 10.8 Å². The molecule has 0 aliphatic rings. The molecule has 1 rings (SSSR count). The molecule has 0 aliphatic heterocycles. The van der Waals surface area contributed by atoms with Gasteiger partial charge >= 0.3 is 0 Å². The molecule has 0 radical (unpaired) electrons. The Hall–Kier alpha value is -1.00. The fourth-order valence-electron chi connectivity index (χ4n) is 0.864. The molecule has 1 aromatic heterocycles. The highest BCUT2D eigenvalue weighted by molar-refractivity contribution is 5.14. The molecule has 0 saturated carbocycles. The summed E-state index contributed by atoms with van der Waals surface area (Å²) in [5.74, 6) is -0.358. The molecule has 4 heteroatoms. The van der Waals surface area contributed by atoms with Crippen molar-refractivity contribution in [3.05, 3.63) is 29.3 Å². The molecule has 0 amide bonds. The largest absolute Gasteiger partial charge is 0.394 e. The van der Waals surface area contributed by atoms with Gasteiger partial charge in [-0.25, -0.2) is 4.39 Å². The monoisotopic (exact) mass is 170 g/mol. The lowest BCUT2D eigenvalue weighted by molar-refractivity contribution is 0.265. The summed E-state index contributed by atoms with van der Waals surface area (Å²) < 4.78 is 12.7. The molecule has 0 bridgehead atoms. The molecule has 0 unspecified atom stereocenters. The number of hydrogen-bond donors (Lipinski definition) is 2. The second-order valence-electron chi connectivity index (χ2n) is 2.59. The first kappa shape index (κ1) is 9.09. The second kappa shape index (κ2) is 3.60. The Bertz CT molecular complexity index is 278. The maximum atomic E-state index is 12.7. The summed E-state index contributed by atoms with van der Waals surface area (Å²) in [5, 5.41) is 8.69. The molecular weight excluding hydrogens is 159 g/mol. The van der Waals surface area contributed by atoms with Gasteiger partial charge in [0.05, 0.1) is 24.0 Å². The lowest BCUT2D eigenvalue weighted by atomic mass is 10.2. The highest BCUT2D eigenvalue weighted by atomic mass is 19.1. The summed E-state index contributed by atoms with van der Waals surface area (Å²) >= 11 is 0. The number of nitrogens with zero attached hydrogens (tertiary/aromatic N) is 1. The van der Waals surface area contributed by atoms with Gasteiger partial charge in [-0.3, -0.25) is 4.98 Å². The molecule has 3 N–H and O–H groups in total. The van der Waals surface area contributed by atoms with Crippen molar-refractivity contribution in [3.8, 4) is 0 Å². The zero-order chi connectivity index (χ0) is 9.14. The first-order valence-corrected chi connectivity index (χ1v) is 3.64. The zero-order valence-corrected chi connectivity index (χ0v) is 6.79. The van der Waals surface area contributed by atoms with Gasteiger partial charge in [0.1, 0.15) is 5.82 Å². The molecule has 0 aliphatic carbocycles. The van der Waals surface area contributed by atoms with E-state index in [9.17, 15) is 4.39 Å². The van der Waals surface area contributed by atoms with E-state index in [-0.39, 0.29) is 12.4 Å². The number of rotatable bonds is 2. The van der Waals surface area contributed by atoms with E-state index < -0.39 is 6.04 Å². The van der Waals surface area contributed by atoms with Crippen LogP contribution in [0.1, 0.15) is 17.4 Å². The molecule has 0 spiro atoms. The number of pyridine rings is 1. The molecule has 1 aromatic rings. The quantitative estimate of drug-likeness (QED) is 0.680. The normalized spacial score (nSPS) is 13.0. The van der Waals surface area contributed by atoms with Crippen molar-refractivity contribution in [2.75, 3.05) is 6.61 Å². The first-order chi connectivity index (χ1) is 5.65. The summed E-state index contributed by atoms with van der Waals surface area (Å²) in [6.07, 6.45) is 0. The van der Waals surface area contributed by atoms with Crippen molar-refractivity contribution in [2.45, 2.75) is 13.0 Å². The minimum atomic E-state index is -0.524. The number of nitrogens with two attached hydrogens (primary N) is 1. The molecule has 1 atom stereocenters. The van der Waals surface area contributed by atoms with Crippen molar-refractivity contribution < 1.29 is 9.50 Å². The number of hydrogen-bond acceptors (Lipinski definition) is 3. The van der Waals surface area contributed by atoms with Crippen LogP contribution in [-0.2, 0) is 0 Å². The highest BCUT2D eigenvalue weighted by Gasteiger charge is 2.07. The smallest absolute Gasteiger partial charge is 0.144 e. The predicted molar refractivity (Wildman–Crippen MR) is 42.9 cm³/mol. The minimum Gasteiger partial charge on any atom is -0.394 e. The fourth-order valence-corrected chi connectivity index (χ4v) is 0.864. The molecule has 3 nitrogen and oxygen atoms in total. The average Bonchev–Trinajstić information content (AvgIpc) is 2.08. The van der Waals surface area contributed by atoms with Crippen LogP contribution in [0.3, 0.4) is 0 Å². The third kappa shape index (κ3) is 1.78. The van der Waals surface area contributed by atoms with Gasteiger partial charge < -0.3 is 10.8 Å². The Kier molecular flexibility index (Phi) is 2.73. The van der Waals surface area contributed by atoms with Crippen molar-refractivity contribution in [3.63, 3.8) is 0 Å². The van der Waals surface area contributed by atoms with Gasteiger partial charge in [0.25, 0.3) is 0 Å². The Labute approximate surface area is 70.0 Å². The standard InChI is InChI=1S/C8H11FN2O/c1-5-6(9)2-3-8(11-5)7(10)4-12/h2-3,7,12H,4,10H2,1H3/t7-/m1/s1. The van der Waals surface area contributed by atoms with Gasteiger partial charge in [0.15, 0.2) is 0 Å². The van der Waals surface area contributed by atoms with Gasteiger partial charge in [-0.05, 0) is 19.1 Å². The second-order valence-corrected chi connectivity index (χ2v) is 2.59. The minimum absolute atomic E-state index is 0.182. The third-order valence-corrected chi connectivity index (χ3v) is 1.62. The van der Waals surface area contributed by atoms with E-state index in [2.05, 4.69) is 4.98 Å². The highest BCUT2D eigenvalue weighted by Crippen LogP contribution is 2.09. The number of aryl methyl sites for hydroxylation is 1. The van der Waals surface area contributed by atoms with Gasteiger partial charge in [-0.1, -0.05) is 0 Å². The van der Waals surface area contributed by atoms with Crippen molar-refractivity contribution in [1.29, 1.82) is 0 Å². The van der Waals surface area contributed by atoms with E-state index in [1.54, 1.807) is 6.92 Å². The summed E-state index contributed by atoms with van der Waals surface area (Å²) in [4.78, 5) is 3.88. The van der Waals surface area contributed by atoms with Crippen LogP contribution in [0.2, 0.25) is 0 Å². The predicted octanol–water partition coefficient (Wildman–Crippen LogP) is 0.521. The van der Waals surface area contributed by atoms with E-state index in [0.29, 0.717) is 11.4 Å². The average molecular weight is 170 g/mol. The van der Waals surface area contributed by atoms with Gasteiger partial charge in [0, 0.05) is 0 Å². The van der Waals surface area contributed by atoms with Gasteiger partial charge in [-0.2, -0.15) is 0 Å². The Balaban J connectivity index is 2.96. The van der Waals surface area contributed by atoms with Crippen LogP contribution in [0, 0.1) is 12.7 Å². The van der Waals surface area contributed by atoms with Crippen LogP contribution in [0.5, 0.6) is 0 Å². The number of aromatic nitrogens is 1. The topological polar surface area (TPSA) is 59.1 Å². The van der Waals surface area contributed by atoms with Crippen LogP contribution in [-0.4, -0.2) is 16.7 Å². The zero-order valence-electron chi connectivity index (χ0n) is 6.79. The van der Waals surface area contributed by atoms with Gasteiger partial charge in [-0.15, -0.1) is 0 Å². The fraction of sp³-hybridized carbons (Fsp3) is 0.375. The van der Waals surface area contributed by atoms with Gasteiger partial charge in [0.2, 0.25) is 0 Å². The number of aliphatic hydroxyl groups excluding tert-OH is 1. The SMILES string of the molecule is Cc1nc([C@H](N)CO)ccc1F. The Morgan fingerprint density at radius 3 is 2.83 bits per heavy atom. The molecule has 0 aromatic carbocycles. The molecule has 66 valence electrons. The van der Waals surface area contributed by atoms with Crippen LogP contribution >= 0.6 is 0 Å². The molecule has 0 fully saturated rings. The molecular formula is C8H11FN2O. The summed E-state index contributed by atoms with van der Waals surface area (Å²) in [6, 6.07) is 2.25. The lowest BCUT2D eigenvalue weighted by Gasteiger charge is -2.07. The van der Waals surface area contributed by atoms with E-state index >= 15 is 0 Å². The molecule has 0 saturated heterocycles. The van der Waals surface area contributed by atoms with Crippen LogP contribution in [0.15, 0.2) is 12.1 Å². The Morgan fingerprint density at radius 2 is 2.33 bits per heavy atom. The lowest BCUT2D eigenvalue weighted by Crippen LogP contribution is -2.16. The molecule has 1 heterocycles. The number of aliphatic hydroxyl groups is 1. The number of halogens is 1. The summed E-state index contributed by atoms with van der Waals surface area (Å²) in [7, 11) is 0. The molecule has 12 heavy (non-hydrogen) atoms. The van der Waals surface area contributed by atoms with E-state index in [0.717, 1.165) is 0 Å².